The summed E-state index contributed by atoms with van der Waals surface area (Å²) < 4.78 is 1.35. The van der Waals surface area contributed by atoms with E-state index in [0.29, 0.717) is 0 Å². The zero-order chi connectivity index (χ0) is 13.1. The number of nitrogens with zero attached hydrogens (tertiary/aromatic N) is 2. The molecule has 2 N–H and O–H groups in total. The van der Waals surface area contributed by atoms with Crippen LogP contribution in [-0.4, -0.2) is 32.8 Å². The standard InChI is InChI=1S/C12H17N3O3/c1-15-7-9(10(14-15)12(17)18)11(16)13-8-5-3-2-4-6-8/h7-8H,2-6H2,1H3,(H,13,16)(H,17,18). The van der Waals surface area contributed by atoms with Crippen molar-refractivity contribution in [1.29, 1.82) is 0 Å². The van der Waals surface area contributed by atoms with Gasteiger partial charge in [0.05, 0.1) is 5.56 Å². The molecule has 0 saturated heterocycles. The lowest BCUT2D eigenvalue weighted by atomic mass is 9.95. The second kappa shape index (κ2) is 5.20. The Morgan fingerprint density at radius 3 is 2.67 bits per heavy atom. The molecule has 0 aromatic carbocycles. The van der Waals surface area contributed by atoms with Crippen LogP contribution < -0.4 is 5.32 Å². The number of rotatable bonds is 3. The summed E-state index contributed by atoms with van der Waals surface area (Å²) in [5.41, 5.74) is -0.0543. The van der Waals surface area contributed by atoms with E-state index in [1.54, 1.807) is 7.05 Å². The molecule has 1 aliphatic rings. The van der Waals surface area contributed by atoms with Crippen molar-refractivity contribution in [2.75, 3.05) is 0 Å². The molecule has 1 fully saturated rings. The Bertz CT molecular complexity index is 461. The van der Waals surface area contributed by atoms with Crippen molar-refractivity contribution in [3.63, 3.8) is 0 Å². The first-order chi connectivity index (χ1) is 8.58. The number of nitrogens with one attached hydrogen (secondary N) is 1. The molecule has 6 heteroatoms. The van der Waals surface area contributed by atoms with Crippen molar-refractivity contribution in [1.82, 2.24) is 15.1 Å². The van der Waals surface area contributed by atoms with Crippen molar-refractivity contribution in [3.05, 3.63) is 17.5 Å². The summed E-state index contributed by atoms with van der Waals surface area (Å²) in [5, 5.41) is 15.6. The van der Waals surface area contributed by atoms with Crippen molar-refractivity contribution in [3.8, 4) is 0 Å². The van der Waals surface area contributed by atoms with Gasteiger partial charge in [0.1, 0.15) is 0 Å². The summed E-state index contributed by atoms with van der Waals surface area (Å²) in [6.07, 6.45) is 6.82. The third kappa shape index (κ3) is 2.69. The maximum atomic E-state index is 12.0. The monoisotopic (exact) mass is 251 g/mol. The number of aromatic nitrogens is 2. The van der Waals surface area contributed by atoms with E-state index in [-0.39, 0.29) is 23.2 Å². The van der Waals surface area contributed by atoms with E-state index in [1.807, 2.05) is 0 Å². The van der Waals surface area contributed by atoms with Crippen LogP contribution in [0.4, 0.5) is 0 Å². The predicted molar refractivity (Wildman–Crippen MR) is 64.5 cm³/mol. The Hall–Kier alpha value is -1.85. The minimum atomic E-state index is -1.18. The summed E-state index contributed by atoms with van der Waals surface area (Å²) in [7, 11) is 1.60. The molecule has 98 valence electrons. The number of carbonyl (C=O) groups excluding carboxylic acids is 1. The van der Waals surface area contributed by atoms with Gasteiger partial charge in [0.25, 0.3) is 5.91 Å². The number of hydrogen-bond acceptors (Lipinski definition) is 3. The minimum absolute atomic E-state index is 0.135. The van der Waals surface area contributed by atoms with E-state index < -0.39 is 5.97 Å². The fraction of sp³-hybridized carbons (Fsp3) is 0.583. The predicted octanol–water partition coefficient (Wildman–Crippen LogP) is 1.18. The summed E-state index contributed by atoms with van der Waals surface area (Å²) in [6.45, 7) is 0. The fourth-order valence-corrected chi connectivity index (χ4v) is 2.32. The van der Waals surface area contributed by atoms with Crippen LogP contribution in [0.15, 0.2) is 6.20 Å². The van der Waals surface area contributed by atoms with Gasteiger partial charge >= 0.3 is 5.97 Å². The van der Waals surface area contributed by atoms with Crippen molar-refractivity contribution >= 4 is 11.9 Å². The van der Waals surface area contributed by atoms with Crippen LogP contribution in [0.1, 0.15) is 53.0 Å². The summed E-state index contributed by atoms with van der Waals surface area (Å²) in [5.74, 6) is -1.52. The Morgan fingerprint density at radius 1 is 1.39 bits per heavy atom. The smallest absolute Gasteiger partial charge is 0.357 e. The van der Waals surface area contributed by atoms with E-state index in [1.165, 1.54) is 17.3 Å². The number of amides is 1. The number of aromatic carboxylic acids is 1. The molecule has 1 aromatic rings. The maximum Gasteiger partial charge on any atom is 0.357 e. The topological polar surface area (TPSA) is 84.2 Å². The van der Waals surface area contributed by atoms with Crippen LogP contribution in [0.2, 0.25) is 0 Å². The van der Waals surface area contributed by atoms with E-state index in [9.17, 15) is 9.59 Å². The minimum Gasteiger partial charge on any atom is -0.476 e. The molecule has 0 bridgehead atoms. The molecule has 1 heterocycles. The summed E-state index contributed by atoms with van der Waals surface area (Å²) >= 11 is 0. The van der Waals surface area contributed by atoms with Gasteiger partial charge in [0.15, 0.2) is 5.69 Å². The first kappa shape index (κ1) is 12.6. The van der Waals surface area contributed by atoms with Gasteiger partial charge in [0, 0.05) is 19.3 Å². The van der Waals surface area contributed by atoms with Crippen LogP contribution in [0.5, 0.6) is 0 Å². The number of carbonyl (C=O) groups is 2. The summed E-state index contributed by atoms with van der Waals surface area (Å²) in [4.78, 5) is 23.0. The summed E-state index contributed by atoms with van der Waals surface area (Å²) in [6, 6.07) is 0.160. The lowest BCUT2D eigenvalue weighted by Gasteiger charge is -2.22. The first-order valence-electron chi connectivity index (χ1n) is 6.15. The molecule has 1 aromatic heterocycles. The normalized spacial score (nSPS) is 16.5. The molecule has 1 saturated carbocycles. The largest absolute Gasteiger partial charge is 0.476 e. The third-order valence-corrected chi connectivity index (χ3v) is 3.22. The molecule has 1 aliphatic carbocycles. The van der Waals surface area contributed by atoms with Crippen LogP contribution in [0, 0.1) is 0 Å². The Balaban J connectivity index is 2.10. The molecular formula is C12H17N3O3. The molecule has 0 atom stereocenters. The van der Waals surface area contributed by atoms with Crippen LogP contribution >= 0.6 is 0 Å². The zero-order valence-corrected chi connectivity index (χ0v) is 10.3. The highest BCUT2D eigenvalue weighted by atomic mass is 16.4. The van der Waals surface area contributed by atoms with Crippen molar-refractivity contribution in [2.24, 2.45) is 7.05 Å². The molecule has 2 rings (SSSR count). The second-order valence-corrected chi connectivity index (χ2v) is 4.68. The lowest BCUT2D eigenvalue weighted by molar-refractivity contribution is 0.0683. The van der Waals surface area contributed by atoms with Gasteiger partial charge < -0.3 is 10.4 Å². The SMILES string of the molecule is Cn1cc(C(=O)NC2CCCCC2)c(C(=O)O)n1. The van der Waals surface area contributed by atoms with Gasteiger partial charge in [-0.15, -0.1) is 0 Å². The Labute approximate surface area is 105 Å². The van der Waals surface area contributed by atoms with E-state index in [4.69, 9.17) is 5.11 Å². The van der Waals surface area contributed by atoms with Gasteiger partial charge in [-0.1, -0.05) is 19.3 Å². The van der Waals surface area contributed by atoms with E-state index in [2.05, 4.69) is 10.4 Å². The highest BCUT2D eigenvalue weighted by molar-refractivity contribution is 6.03. The van der Waals surface area contributed by atoms with Gasteiger partial charge in [-0.3, -0.25) is 9.48 Å². The number of aryl methyl sites for hydroxylation is 1. The van der Waals surface area contributed by atoms with Crippen LogP contribution in [0.25, 0.3) is 0 Å². The number of carboxylic acid groups (broad SMARTS) is 1. The molecule has 18 heavy (non-hydrogen) atoms. The third-order valence-electron chi connectivity index (χ3n) is 3.22. The maximum absolute atomic E-state index is 12.0. The average molecular weight is 251 g/mol. The fourth-order valence-electron chi connectivity index (χ4n) is 2.32. The van der Waals surface area contributed by atoms with E-state index >= 15 is 0 Å². The van der Waals surface area contributed by atoms with Gasteiger partial charge in [-0.25, -0.2) is 4.79 Å². The highest BCUT2D eigenvalue weighted by Crippen LogP contribution is 2.18. The molecule has 0 unspecified atom stereocenters. The molecule has 0 radical (unpaired) electrons. The quantitative estimate of drug-likeness (QED) is 0.844. The molecular weight excluding hydrogens is 234 g/mol. The van der Waals surface area contributed by atoms with Crippen LogP contribution in [-0.2, 0) is 7.05 Å². The van der Waals surface area contributed by atoms with Crippen molar-refractivity contribution < 1.29 is 14.7 Å². The van der Waals surface area contributed by atoms with Gasteiger partial charge in [-0.2, -0.15) is 5.10 Å². The zero-order valence-electron chi connectivity index (χ0n) is 10.3. The highest BCUT2D eigenvalue weighted by Gasteiger charge is 2.23. The van der Waals surface area contributed by atoms with Crippen LogP contribution in [0.3, 0.4) is 0 Å². The Kier molecular flexibility index (Phi) is 3.64. The van der Waals surface area contributed by atoms with Gasteiger partial charge in [-0.05, 0) is 12.8 Å². The van der Waals surface area contributed by atoms with E-state index in [0.717, 1.165) is 25.7 Å². The molecule has 1 amide bonds. The average Bonchev–Trinajstić information content (AvgIpc) is 2.73. The first-order valence-corrected chi connectivity index (χ1v) is 6.15. The Morgan fingerprint density at radius 2 is 2.06 bits per heavy atom. The molecule has 0 spiro atoms. The molecule has 0 aliphatic heterocycles. The van der Waals surface area contributed by atoms with Gasteiger partial charge in [0.2, 0.25) is 0 Å². The van der Waals surface area contributed by atoms with Crippen molar-refractivity contribution in [2.45, 2.75) is 38.1 Å². The number of carboxylic acids is 1. The number of hydrogen-bond donors (Lipinski definition) is 2. The second-order valence-electron chi connectivity index (χ2n) is 4.68. The lowest BCUT2D eigenvalue weighted by Crippen LogP contribution is -2.36. The molecule has 6 nitrogen and oxygen atoms in total.